The molecule has 0 heterocycles. The topological polar surface area (TPSA) is 72.5 Å². The third kappa shape index (κ3) is 6.96. The van der Waals surface area contributed by atoms with Crippen LogP contribution in [-0.2, 0) is 19.6 Å². The molecular weight excluding hydrogens is 349 g/mol. The number of carbonyl (C=O) groups is 1. The molecule has 0 bridgehead atoms. The van der Waals surface area contributed by atoms with Gasteiger partial charge in [-0.3, -0.25) is 4.79 Å². The summed E-state index contributed by atoms with van der Waals surface area (Å²) in [4.78, 5) is 11.5. The van der Waals surface area contributed by atoms with E-state index in [0.29, 0.717) is 6.42 Å². The van der Waals surface area contributed by atoms with E-state index in [0.717, 1.165) is 0 Å². The molecule has 124 valence electrons. The zero-order valence-corrected chi connectivity index (χ0v) is 15.0. The number of halogens is 2. The number of hydrogen-bond acceptors (Lipinski definition) is 4. The molecule has 0 aliphatic rings. The average Bonchev–Trinajstić information content (AvgIpc) is 2.31. The van der Waals surface area contributed by atoms with Crippen molar-refractivity contribution in [3.63, 3.8) is 0 Å². The standard InChI is InChI=1S/C14H19Cl2NO4S/c1-14(2,3)21-13(18)5-4-6-17-22(19,20)12-8-10(15)7-11(16)9-12/h7-9,17H,4-6H2,1-3H3. The van der Waals surface area contributed by atoms with Crippen molar-refractivity contribution in [2.75, 3.05) is 6.54 Å². The Balaban J connectivity index is 2.52. The molecule has 0 saturated heterocycles. The quantitative estimate of drug-likeness (QED) is 0.617. The minimum Gasteiger partial charge on any atom is -0.460 e. The van der Waals surface area contributed by atoms with Gasteiger partial charge < -0.3 is 4.74 Å². The molecule has 0 spiro atoms. The molecule has 8 heteroatoms. The fraction of sp³-hybridized carbons (Fsp3) is 0.500. The van der Waals surface area contributed by atoms with Gasteiger partial charge in [-0.1, -0.05) is 23.2 Å². The van der Waals surface area contributed by atoms with Crippen molar-refractivity contribution >= 4 is 39.2 Å². The smallest absolute Gasteiger partial charge is 0.306 e. The lowest BCUT2D eigenvalue weighted by Gasteiger charge is -2.19. The number of rotatable bonds is 6. The van der Waals surface area contributed by atoms with E-state index in [-0.39, 0.29) is 33.9 Å². The first-order chi connectivity index (χ1) is 9.99. The van der Waals surface area contributed by atoms with Crippen LogP contribution in [0.4, 0.5) is 0 Å². The van der Waals surface area contributed by atoms with Crippen LogP contribution < -0.4 is 4.72 Å². The summed E-state index contributed by atoms with van der Waals surface area (Å²) in [5, 5.41) is 0.475. The molecular formula is C14H19Cl2NO4S. The monoisotopic (exact) mass is 367 g/mol. The number of benzene rings is 1. The van der Waals surface area contributed by atoms with Crippen LogP contribution in [0.1, 0.15) is 33.6 Å². The second-order valence-corrected chi connectivity index (χ2v) is 8.33. The summed E-state index contributed by atoms with van der Waals surface area (Å²) in [6, 6.07) is 4.07. The van der Waals surface area contributed by atoms with Gasteiger partial charge in [-0.05, 0) is 45.4 Å². The van der Waals surface area contributed by atoms with Gasteiger partial charge in [0.1, 0.15) is 5.60 Å². The SMILES string of the molecule is CC(C)(C)OC(=O)CCCNS(=O)(=O)c1cc(Cl)cc(Cl)c1. The van der Waals surface area contributed by atoms with Gasteiger partial charge in [0, 0.05) is 23.0 Å². The van der Waals surface area contributed by atoms with E-state index in [1.807, 2.05) is 0 Å². The highest BCUT2D eigenvalue weighted by atomic mass is 35.5. The third-order valence-corrected chi connectivity index (χ3v) is 4.29. The summed E-state index contributed by atoms with van der Waals surface area (Å²) >= 11 is 11.6. The van der Waals surface area contributed by atoms with Crippen molar-refractivity contribution in [2.45, 2.75) is 44.1 Å². The third-order valence-electron chi connectivity index (χ3n) is 2.42. The Hall–Kier alpha value is -0.820. The Bertz CT molecular complexity index is 618. The largest absolute Gasteiger partial charge is 0.460 e. The second-order valence-electron chi connectivity index (χ2n) is 5.69. The van der Waals surface area contributed by atoms with E-state index >= 15 is 0 Å². The predicted molar refractivity (Wildman–Crippen MR) is 86.7 cm³/mol. The summed E-state index contributed by atoms with van der Waals surface area (Å²) in [6.45, 7) is 5.44. The van der Waals surface area contributed by atoms with E-state index in [4.69, 9.17) is 27.9 Å². The molecule has 0 saturated carbocycles. The zero-order chi connectivity index (χ0) is 17.0. The molecule has 0 amide bonds. The molecule has 22 heavy (non-hydrogen) atoms. The highest BCUT2D eigenvalue weighted by Gasteiger charge is 2.17. The lowest BCUT2D eigenvalue weighted by Crippen LogP contribution is -2.27. The molecule has 0 fully saturated rings. The molecule has 0 aliphatic heterocycles. The first-order valence-corrected chi connectivity index (χ1v) is 8.91. The van der Waals surface area contributed by atoms with Crippen LogP contribution in [0, 0.1) is 0 Å². The van der Waals surface area contributed by atoms with Gasteiger partial charge in [-0.15, -0.1) is 0 Å². The fourth-order valence-electron chi connectivity index (χ4n) is 1.60. The van der Waals surface area contributed by atoms with Crippen molar-refractivity contribution in [3.05, 3.63) is 28.2 Å². The van der Waals surface area contributed by atoms with Gasteiger partial charge in [0.05, 0.1) is 4.90 Å². The minimum atomic E-state index is -3.71. The summed E-state index contributed by atoms with van der Waals surface area (Å²) in [5.74, 6) is -0.363. The summed E-state index contributed by atoms with van der Waals surface area (Å²) in [5.41, 5.74) is -0.547. The maximum atomic E-state index is 12.1. The van der Waals surface area contributed by atoms with Gasteiger partial charge in [-0.2, -0.15) is 0 Å². The molecule has 0 aliphatic carbocycles. The molecule has 1 aromatic rings. The van der Waals surface area contributed by atoms with Gasteiger partial charge in [0.15, 0.2) is 0 Å². The number of nitrogens with one attached hydrogen (secondary N) is 1. The molecule has 0 atom stereocenters. The summed E-state index contributed by atoms with van der Waals surface area (Å²) in [6.07, 6.45) is 0.471. The van der Waals surface area contributed by atoms with Gasteiger partial charge >= 0.3 is 5.97 Å². The van der Waals surface area contributed by atoms with E-state index in [2.05, 4.69) is 4.72 Å². The van der Waals surface area contributed by atoms with Crippen molar-refractivity contribution in [1.29, 1.82) is 0 Å². The van der Waals surface area contributed by atoms with Gasteiger partial charge in [0.25, 0.3) is 0 Å². The van der Waals surface area contributed by atoms with Crippen molar-refractivity contribution < 1.29 is 17.9 Å². The minimum absolute atomic E-state index is 0.0118. The summed E-state index contributed by atoms with van der Waals surface area (Å²) < 4.78 is 31.7. The van der Waals surface area contributed by atoms with Crippen molar-refractivity contribution in [1.82, 2.24) is 4.72 Å². The molecule has 1 N–H and O–H groups in total. The number of esters is 1. The number of ether oxygens (including phenoxy) is 1. The Morgan fingerprint density at radius 2 is 1.73 bits per heavy atom. The molecule has 0 aromatic heterocycles. The van der Waals surface area contributed by atoms with Crippen LogP contribution in [0.3, 0.4) is 0 Å². The van der Waals surface area contributed by atoms with E-state index < -0.39 is 15.6 Å². The number of sulfonamides is 1. The molecule has 0 radical (unpaired) electrons. The van der Waals surface area contributed by atoms with E-state index in [9.17, 15) is 13.2 Å². The Morgan fingerprint density at radius 3 is 2.23 bits per heavy atom. The lowest BCUT2D eigenvalue weighted by atomic mass is 10.2. The van der Waals surface area contributed by atoms with E-state index in [1.54, 1.807) is 20.8 Å². The maximum absolute atomic E-state index is 12.1. The normalized spacial score (nSPS) is 12.2. The van der Waals surface area contributed by atoms with Crippen LogP contribution >= 0.6 is 23.2 Å². The average molecular weight is 368 g/mol. The Morgan fingerprint density at radius 1 is 1.18 bits per heavy atom. The van der Waals surface area contributed by atoms with E-state index in [1.165, 1.54) is 18.2 Å². The number of carbonyl (C=O) groups excluding carboxylic acids is 1. The Kier molecular flexibility index (Phi) is 6.67. The highest BCUT2D eigenvalue weighted by molar-refractivity contribution is 7.89. The first kappa shape index (κ1) is 19.2. The maximum Gasteiger partial charge on any atom is 0.306 e. The van der Waals surface area contributed by atoms with Crippen LogP contribution in [-0.4, -0.2) is 26.5 Å². The van der Waals surface area contributed by atoms with Gasteiger partial charge in [0.2, 0.25) is 10.0 Å². The van der Waals surface area contributed by atoms with Gasteiger partial charge in [-0.25, -0.2) is 13.1 Å². The van der Waals surface area contributed by atoms with Crippen LogP contribution in [0.15, 0.2) is 23.1 Å². The lowest BCUT2D eigenvalue weighted by molar-refractivity contribution is -0.154. The van der Waals surface area contributed by atoms with Crippen LogP contribution in [0.25, 0.3) is 0 Å². The highest BCUT2D eigenvalue weighted by Crippen LogP contribution is 2.22. The second kappa shape index (κ2) is 7.64. The predicted octanol–water partition coefficient (Wildman–Crippen LogP) is 3.39. The first-order valence-electron chi connectivity index (χ1n) is 6.67. The zero-order valence-electron chi connectivity index (χ0n) is 12.7. The molecule has 5 nitrogen and oxygen atoms in total. The van der Waals surface area contributed by atoms with Crippen LogP contribution in [0.5, 0.6) is 0 Å². The Labute approximate surface area is 141 Å². The van der Waals surface area contributed by atoms with Crippen molar-refractivity contribution in [3.8, 4) is 0 Å². The molecule has 0 unspecified atom stereocenters. The molecule has 1 aromatic carbocycles. The fourth-order valence-corrected chi connectivity index (χ4v) is 3.40. The number of hydrogen-bond donors (Lipinski definition) is 1. The van der Waals surface area contributed by atoms with Crippen molar-refractivity contribution in [2.24, 2.45) is 0 Å². The summed E-state index contributed by atoms with van der Waals surface area (Å²) in [7, 11) is -3.71. The van der Waals surface area contributed by atoms with Crippen LogP contribution in [0.2, 0.25) is 10.0 Å². The molecule has 1 rings (SSSR count).